The molecule has 0 atom stereocenters. The average Bonchev–Trinajstić information content (AvgIpc) is 2.78. The van der Waals surface area contributed by atoms with E-state index in [4.69, 9.17) is 0 Å². The zero-order valence-corrected chi connectivity index (χ0v) is 19.5. The summed E-state index contributed by atoms with van der Waals surface area (Å²) in [4.78, 5) is 14.7. The third-order valence-electron chi connectivity index (χ3n) is 5.83. The van der Waals surface area contributed by atoms with Crippen molar-refractivity contribution in [3.8, 4) is 0 Å². The molecule has 0 aliphatic carbocycles. The average molecular weight is 494 g/mol. The number of alkyl halides is 6. The number of rotatable bonds is 5. The minimum Gasteiger partial charge on any atom is -0.354 e. The lowest BCUT2D eigenvalue weighted by Gasteiger charge is -2.32. The summed E-state index contributed by atoms with van der Waals surface area (Å²) in [6, 6.07) is 15.5. The highest BCUT2D eigenvalue weighted by Crippen LogP contribution is 2.40. The molecule has 9 heteroatoms. The molecule has 3 aromatic carbocycles. The second-order valence-corrected chi connectivity index (χ2v) is 8.74. The number of nitrogens with one attached hydrogen (secondary N) is 1. The molecule has 0 aromatic heterocycles. The van der Waals surface area contributed by atoms with Crippen molar-refractivity contribution in [1.29, 1.82) is 0 Å². The molecule has 186 valence electrons. The number of likely N-dealkylation sites (N-methyl/N-ethyl adjacent to an activating group) is 1. The van der Waals surface area contributed by atoms with Gasteiger partial charge in [0.15, 0.2) is 0 Å². The number of benzene rings is 3. The van der Waals surface area contributed by atoms with Gasteiger partial charge in [0.05, 0.1) is 27.9 Å². The van der Waals surface area contributed by atoms with Crippen molar-refractivity contribution in [2.45, 2.75) is 38.5 Å². The normalized spacial score (nSPS) is 12.4. The van der Waals surface area contributed by atoms with Gasteiger partial charge in [0, 0.05) is 12.7 Å². The largest absolute Gasteiger partial charge is 0.416 e. The fourth-order valence-electron chi connectivity index (χ4n) is 3.70. The molecule has 0 fully saturated rings. The maximum atomic E-state index is 13.5. The quantitative estimate of drug-likeness (QED) is 0.369. The van der Waals surface area contributed by atoms with Crippen LogP contribution in [0.15, 0.2) is 66.7 Å². The predicted molar refractivity (Wildman–Crippen MR) is 124 cm³/mol. The number of hydrogen-bond donors (Lipinski definition) is 1. The van der Waals surface area contributed by atoms with Crippen LogP contribution >= 0.6 is 0 Å². The standard InChI is InChI=1S/C26H24F6N2O/c1-16-9-5-6-10-20(16)33-21-11-7-8-12-22(21)34(4)23(35)24(2,3)17-13-18(25(27,28)29)15-19(14-17)26(30,31)32/h5-15,33H,1-4H3. The Hall–Kier alpha value is -3.49. The number of anilines is 3. The van der Waals surface area contributed by atoms with Gasteiger partial charge in [-0.25, -0.2) is 0 Å². The summed E-state index contributed by atoms with van der Waals surface area (Å²) in [6.45, 7) is 4.51. The Morgan fingerprint density at radius 3 is 1.71 bits per heavy atom. The Balaban J connectivity index is 2.03. The molecule has 0 radical (unpaired) electrons. The van der Waals surface area contributed by atoms with Gasteiger partial charge in [0.1, 0.15) is 0 Å². The first kappa shape index (κ1) is 26.1. The summed E-state index contributed by atoms with van der Waals surface area (Å²) in [5.41, 5.74) is -2.33. The molecule has 3 aromatic rings. The fourth-order valence-corrected chi connectivity index (χ4v) is 3.70. The summed E-state index contributed by atoms with van der Waals surface area (Å²) in [5, 5.41) is 3.23. The third kappa shape index (κ3) is 5.61. The Labute approximate surface area is 199 Å². The number of aryl methyl sites for hydroxylation is 1. The van der Waals surface area contributed by atoms with Crippen LogP contribution in [0, 0.1) is 6.92 Å². The first-order valence-corrected chi connectivity index (χ1v) is 10.6. The van der Waals surface area contributed by atoms with E-state index in [0.717, 1.165) is 11.3 Å². The number of carbonyl (C=O) groups excluding carboxylic acids is 1. The Morgan fingerprint density at radius 2 is 1.20 bits per heavy atom. The van der Waals surface area contributed by atoms with E-state index < -0.39 is 34.8 Å². The molecule has 0 saturated heterocycles. The van der Waals surface area contributed by atoms with E-state index in [9.17, 15) is 31.1 Å². The van der Waals surface area contributed by atoms with Crippen molar-refractivity contribution in [2.75, 3.05) is 17.3 Å². The van der Waals surface area contributed by atoms with E-state index in [1.807, 2.05) is 31.2 Å². The summed E-state index contributed by atoms with van der Waals surface area (Å²) in [6.07, 6.45) is -10.0. The van der Waals surface area contributed by atoms with Crippen molar-refractivity contribution in [2.24, 2.45) is 0 Å². The van der Waals surface area contributed by atoms with E-state index in [2.05, 4.69) is 5.32 Å². The van der Waals surface area contributed by atoms with Gasteiger partial charge in [-0.05, 0) is 68.3 Å². The minimum absolute atomic E-state index is 0.0508. The van der Waals surface area contributed by atoms with Crippen LogP contribution < -0.4 is 10.2 Å². The van der Waals surface area contributed by atoms with Crippen LogP contribution in [0.4, 0.5) is 43.4 Å². The van der Waals surface area contributed by atoms with Gasteiger partial charge in [0.25, 0.3) is 0 Å². The lowest BCUT2D eigenvalue weighted by Crippen LogP contribution is -2.42. The Morgan fingerprint density at radius 1 is 0.743 bits per heavy atom. The molecule has 0 aliphatic heterocycles. The molecule has 0 unspecified atom stereocenters. The smallest absolute Gasteiger partial charge is 0.354 e. The Kier molecular flexibility index (Phi) is 6.93. The second kappa shape index (κ2) is 9.28. The van der Waals surface area contributed by atoms with Gasteiger partial charge in [-0.2, -0.15) is 26.3 Å². The maximum absolute atomic E-state index is 13.5. The van der Waals surface area contributed by atoms with Crippen LogP contribution in [0.25, 0.3) is 0 Å². The molecule has 1 amide bonds. The van der Waals surface area contributed by atoms with Gasteiger partial charge in [-0.1, -0.05) is 30.3 Å². The van der Waals surface area contributed by atoms with Crippen molar-refractivity contribution in [3.63, 3.8) is 0 Å². The highest BCUT2D eigenvalue weighted by molar-refractivity contribution is 6.02. The molecule has 0 bridgehead atoms. The molecular formula is C26H24F6N2O. The number of amides is 1. The van der Waals surface area contributed by atoms with Crippen LogP contribution in [0.1, 0.15) is 36.1 Å². The van der Waals surface area contributed by atoms with E-state index in [1.54, 1.807) is 24.3 Å². The number of halogens is 6. The number of para-hydroxylation sites is 3. The van der Waals surface area contributed by atoms with Gasteiger partial charge in [-0.3, -0.25) is 4.79 Å². The minimum atomic E-state index is -5.01. The third-order valence-corrected chi connectivity index (χ3v) is 5.83. The summed E-state index contributed by atoms with van der Waals surface area (Å²) in [5.74, 6) is -0.677. The molecular weight excluding hydrogens is 470 g/mol. The van der Waals surface area contributed by atoms with Gasteiger partial charge in [-0.15, -0.1) is 0 Å². The van der Waals surface area contributed by atoms with Gasteiger partial charge >= 0.3 is 12.4 Å². The predicted octanol–water partition coefficient (Wildman–Crippen LogP) is 7.72. The van der Waals surface area contributed by atoms with Crippen molar-refractivity contribution in [3.05, 3.63) is 89.0 Å². The van der Waals surface area contributed by atoms with Crippen LogP contribution in [-0.2, 0) is 22.6 Å². The summed E-state index contributed by atoms with van der Waals surface area (Å²) >= 11 is 0. The van der Waals surface area contributed by atoms with Gasteiger partial charge in [0.2, 0.25) is 5.91 Å². The molecule has 3 rings (SSSR count). The summed E-state index contributed by atoms with van der Waals surface area (Å²) in [7, 11) is 1.43. The molecule has 0 heterocycles. The molecule has 0 aliphatic rings. The molecule has 1 N–H and O–H groups in total. The SMILES string of the molecule is Cc1ccccc1Nc1ccccc1N(C)C(=O)C(C)(C)c1cc(C(F)(F)F)cc(C(F)(F)F)c1. The van der Waals surface area contributed by atoms with Crippen LogP contribution in [0.2, 0.25) is 0 Å². The topological polar surface area (TPSA) is 32.3 Å². The zero-order valence-electron chi connectivity index (χ0n) is 19.5. The van der Waals surface area contributed by atoms with Gasteiger partial charge < -0.3 is 10.2 Å². The van der Waals surface area contributed by atoms with Crippen LogP contribution in [0.3, 0.4) is 0 Å². The highest BCUT2D eigenvalue weighted by Gasteiger charge is 2.41. The van der Waals surface area contributed by atoms with E-state index in [0.29, 0.717) is 23.5 Å². The summed E-state index contributed by atoms with van der Waals surface area (Å²) < 4.78 is 80.2. The number of nitrogens with zero attached hydrogens (tertiary/aromatic N) is 1. The van der Waals surface area contributed by atoms with E-state index >= 15 is 0 Å². The molecule has 3 nitrogen and oxygen atoms in total. The zero-order chi connectivity index (χ0) is 26.2. The van der Waals surface area contributed by atoms with Crippen molar-refractivity contribution in [1.82, 2.24) is 0 Å². The first-order valence-electron chi connectivity index (χ1n) is 10.6. The Bertz CT molecular complexity index is 1200. The van der Waals surface area contributed by atoms with Crippen LogP contribution in [-0.4, -0.2) is 13.0 Å². The van der Waals surface area contributed by atoms with E-state index in [1.165, 1.54) is 25.8 Å². The van der Waals surface area contributed by atoms with E-state index in [-0.39, 0.29) is 11.6 Å². The maximum Gasteiger partial charge on any atom is 0.416 e. The number of carbonyl (C=O) groups is 1. The molecule has 0 saturated carbocycles. The molecule has 0 spiro atoms. The first-order chi connectivity index (χ1) is 16.1. The highest BCUT2D eigenvalue weighted by atomic mass is 19.4. The lowest BCUT2D eigenvalue weighted by molar-refractivity contribution is -0.143. The van der Waals surface area contributed by atoms with Crippen molar-refractivity contribution < 1.29 is 31.1 Å². The van der Waals surface area contributed by atoms with Crippen LogP contribution in [0.5, 0.6) is 0 Å². The number of hydrogen-bond acceptors (Lipinski definition) is 2. The van der Waals surface area contributed by atoms with Crippen molar-refractivity contribution >= 4 is 23.0 Å². The monoisotopic (exact) mass is 494 g/mol. The molecule has 35 heavy (non-hydrogen) atoms. The second-order valence-electron chi connectivity index (χ2n) is 8.74. The lowest BCUT2D eigenvalue weighted by atomic mass is 9.81. The fraction of sp³-hybridized carbons (Fsp3) is 0.269.